The molecule has 0 aliphatic rings. The first-order chi connectivity index (χ1) is 36.0. The quantitative estimate of drug-likeness (QED) is 0.0275. The number of nitrogens with one attached hydrogen (secondary N) is 1. The Kier molecular flexibility index (Phi) is 54.0. The first-order valence-corrected chi connectivity index (χ1v) is 32.5. The molecule has 0 radical (unpaired) electrons. The van der Waals surface area contributed by atoms with Crippen LogP contribution < -0.4 is 5.32 Å². The Balaban J connectivity index is 5.15. The highest BCUT2D eigenvalue weighted by Crippen LogP contribution is 2.19. The Labute approximate surface area is 459 Å². The molecule has 74 heavy (non-hydrogen) atoms. The van der Waals surface area contributed by atoms with Gasteiger partial charge in [0.1, 0.15) is 18.8 Å². The molecule has 0 aliphatic carbocycles. The summed E-state index contributed by atoms with van der Waals surface area (Å²) in [5, 5.41) is 3.24. The van der Waals surface area contributed by atoms with Crippen molar-refractivity contribution in [3.8, 4) is 0 Å². The Morgan fingerprint density at radius 2 is 0.568 bits per heavy atom. The zero-order valence-corrected chi connectivity index (χ0v) is 50.2. The van der Waals surface area contributed by atoms with E-state index in [-0.39, 0.29) is 56.5 Å². The highest BCUT2D eigenvalue weighted by atomic mass is 16.6. The maximum Gasteiger partial charge on any atom is 0.307 e. The molecule has 9 heteroatoms. The number of carbonyl (C=O) groups excluding carboxylic acids is 4. The van der Waals surface area contributed by atoms with Crippen molar-refractivity contribution < 1.29 is 38.1 Å². The van der Waals surface area contributed by atoms with E-state index in [4.69, 9.17) is 18.9 Å². The zero-order chi connectivity index (χ0) is 54.3. The van der Waals surface area contributed by atoms with Crippen molar-refractivity contribution in [3.05, 3.63) is 0 Å². The van der Waals surface area contributed by atoms with Crippen molar-refractivity contribution in [1.82, 2.24) is 5.32 Å². The van der Waals surface area contributed by atoms with Crippen LogP contribution in [0.2, 0.25) is 0 Å². The lowest BCUT2D eigenvalue weighted by Crippen LogP contribution is -2.45. The standard InChI is InChI=1S/C65H125NO8/c1-7-10-13-16-19-22-25-28-31-34-37-40-43-46-49-52-60(67)71-57-59(58-72-61(68)53-50-47-44-41-38-35-32-29-26-23-20-17-14-11-8-2)64(66-56-55-63(70)74-65(4,5)6)73-62(69)54-51-48-45-42-39-36-33-30-27-24-21-18-15-12-9-3/h59,64,66H,7-58H2,1-6H3. The predicted molar refractivity (Wildman–Crippen MR) is 312 cm³/mol. The summed E-state index contributed by atoms with van der Waals surface area (Å²) in [6.07, 6.45) is 56.4. The highest BCUT2D eigenvalue weighted by Gasteiger charge is 2.29. The molecule has 1 N–H and O–H groups in total. The molecule has 1 atom stereocenters. The van der Waals surface area contributed by atoms with Crippen molar-refractivity contribution >= 4 is 23.9 Å². The van der Waals surface area contributed by atoms with Gasteiger partial charge in [0, 0.05) is 25.8 Å². The van der Waals surface area contributed by atoms with E-state index < -0.39 is 17.7 Å². The molecule has 1 unspecified atom stereocenters. The summed E-state index contributed by atoms with van der Waals surface area (Å²) in [6, 6.07) is 0. The first kappa shape index (κ1) is 71.8. The van der Waals surface area contributed by atoms with Crippen molar-refractivity contribution in [1.29, 1.82) is 0 Å². The lowest BCUT2D eigenvalue weighted by atomic mass is 10.0. The predicted octanol–water partition coefficient (Wildman–Crippen LogP) is 19.7. The van der Waals surface area contributed by atoms with Crippen molar-refractivity contribution in [2.75, 3.05) is 19.8 Å². The number of hydrogen-bond acceptors (Lipinski definition) is 9. The molecule has 0 amide bonds. The molecule has 0 bridgehead atoms. The summed E-state index contributed by atoms with van der Waals surface area (Å²) < 4.78 is 23.3. The van der Waals surface area contributed by atoms with Crippen LogP contribution in [-0.4, -0.2) is 55.5 Å². The second-order valence-electron chi connectivity index (χ2n) is 23.4. The van der Waals surface area contributed by atoms with Gasteiger partial charge in [-0.25, -0.2) is 0 Å². The van der Waals surface area contributed by atoms with E-state index in [1.807, 2.05) is 20.8 Å². The molecule has 0 aromatic carbocycles. The van der Waals surface area contributed by atoms with Crippen LogP contribution in [0.15, 0.2) is 0 Å². The van der Waals surface area contributed by atoms with E-state index in [0.29, 0.717) is 12.8 Å². The normalized spacial score (nSPS) is 12.1. The van der Waals surface area contributed by atoms with Crippen LogP contribution in [0.3, 0.4) is 0 Å². The second kappa shape index (κ2) is 55.6. The summed E-state index contributed by atoms with van der Waals surface area (Å²) in [5.74, 6) is -1.97. The molecule has 0 spiro atoms. The number of rotatable bonds is 58. The van der Waals surface area contributed by atoms with Crippen molar-refractivity contribution in [3.63, 3.8) is 0 Å². The number of hydrogen-bond donors (Lipinski definition) is 1. The monoisotopic (exact) mass is 1050 g/mol. The molecule has 0 heterocycles. The van der Waals surface area contributed by atoms with Gasteiger partial charge in [-0.2, -0.15) is 0 Å². The summed E-state index contributed by atoms with van der Waals surface area (Å²) in [4.78, 5) is 52.3. The molecule has 0 saturated heterocycles. The minimum atomic E-state index is -0.918. The fourth-order valence-corrected chi connectivity index (χ4v) is 9.90. The molecule has 0 fully saturated rings. The molecule has 0 aliphatic heterocycles. The molecule has 0 rings (SSSR count). The minimum Gasteiger partial charge on any atom is -0.465 e. The third-order valence-electron chi connectivity index (χ3n) is 14.7. The van der Waals surface area contributed by atoms with E-state index in [2.05, 4.69) is 26.1 Å². The topological polar surface area (TPSA) is 117 Å². The molecule has 0 aromatic heterocycles. The highest BCUT2D eigenvalue weighted by molar-refractivity contribution is 5.71. The molecule has 438 valence electrons. The lowest BCUT2D eigenvalue weighted by molar-refractivity contribution is -0.162. The summed E-state index contributed by atoms with van der Waals surface area (Å²) in [7, 11) is 0. The largest absolute Gasteiger partial charge is 0.465 e. The van der Waals surface area contributed by atoms with Gasteiger partial charge >= 0.3 is 23.9 Å². The van der Waals surface area contributed by atoms with Gasteiger partial charge in [0.2, 0.25) is 0 Å². The summed E-state index contributed by atoms with van der Waals surface area (Å²) >= 11 is 0. The minimum absolute atomic E-state index is 0.0645. The first-order valence-electron chi connectivity index (χ1n) is 32.5. The van der Waals surface area contributed by atoms with Gasteiger partial charge in [-0.1, -0.05) is 290 Å². The van der Waals surface area contributed by atoms with Gasteiger partial charge in [0.25, 0.3) is 0 Å². The Morgan fingerprint density at radius 1 is 0.324 bits per heavy atom. The number of unbranched alkanes of at least 4 members (excludes halogenated alkanes) is 42. The number of carbonyl (C=O) groups is 4. The van der Waals surface area contributed by atoms with Crippen LogP contribution in [0.5, 0.6) is 0 Å². The van der Waals surface area contributed by atoms with E-state index in [1.165, 1.54) is 231 Å². The maximum atomic E-state index is 13.4. The van der Waals surface area contributed by atoms with Gasteiger partial charge in [0.15, 0.2) is 6.23 Å². The van der Waals surface area contributed by atoms with Crippen LogP contribution in [0, 0.1) is 5.92 Å². The molecule has 0 saturated carbocycles. The van der Waals surface area contributed by atoms with Gasteiger partial charge in [0.05, 0.1) is 12.3 Å². The summed E-state index contributed by atoms with van der Waals surface area (Å²) in [6.45, 7) is 12.4. The molecule has 0 aromatic rings. The molecular weight excluding hydrogens is 923 g/mol. The van der Waals surface area contributed by atoms with Crippen LogP contribution >= 0.6 is 0 Å². The van der Waals surface area contributed by atoms with Gasteiger partial charge < -0.3 is 18.9 Å². The fraction of sp³-hybridized carbons (Fsp3) is 0.938. The van der Waals surface area contributed by atoms with Crippen LogP contribution in [-0.2, 0) is 38.1 Å². The third kappa shape index (κ3) is 54.6. The van der Waals surface area contributed by atoms with Crippen molar-refractivity contribution in [2.24, 2.45) is 5.92 Å². The summed E-state index contributed by atoms with van der Waals surface area (Å²) in [5.41, 5.74) is -0.625. The Morgan fingerprint density at radius 3 is 0.824 bits per heavy atom. The molecule has 9 nitrogen and oxygen atoms in total. The Bertz CT molecular complexity index is 1180. The van der Waals surface area contributed by atoms with Crippen LogP contribution in [0.4, 0.5) is 0 Å². The Hall–Kier alpha value is -2.16. The van der Waals surface area contributed by atoms with E-state index in [9.17, 15) is 19.2 Å². The lowest BCUT2D eigenvalue weighted by Gasteiger charge is -2.28. The van der Waals surface area contributed by atoms with Gasteiger partial charge in [-0.15, -0.1) is 0 Å². The van der Waals surface area contributed by atoms with Crippen LogP contribution in [0.1, 0.15) is 356 Å². The van der Waals surface area contributed by atoms with E-state index >= 15 is 0 Å². The van der Waals surface area contributed by atoms with E-state index in [0.717, 1.165) is 57.8 Å². The third-order valence-corrected chi connectivity index (χ3v) is 14.7. The molecular formula is C65H125NO8. The SMILES string of the molecule is CCCCCCCCCCCCCCCCCC(=O)OCC(COC(=O)CCCCCCCCCCCCCCCCC)C(NCCC(=O)OC(C)(C)C)OC(=O)CCCCCCCCCCCCCCCCC. The number of ether oxygens (including phenoxy) is 4. The second-order valence-corrected chi connectivity index (χ2v) is 23.4. The van der Waals surface area contributed by atoms with Crippen LogP contribution in [0.25, 0.3) is 0 Å². The smallest absolute Gasteiger partial charge is 0.307 e. The zero-order valence-electron chi connectivity index (χ0n) is 50.2. The van der Waals surface area contributed by atoms with Gasteiger partial charge in [-0.3, -0.25) is 24.5 Å². The fourth-order valence-electron chi connectivity index (χ4n) is 9.90. The van der Waals surface area contributed by atoms with Crippen molar-refractivity contribution in [2.45, 2.75) is 368 Å². The van der Waals surface area contributed by atoms with Gasteiger partial charge in [-0.05, 0) is 40.0 Å². The average molecular weight is 1050 g/mol. The van der Waals surface area contributed by atoms with E-state index in [1.54, 1.807) is 0 Å². The number of esters is 4. The maximum absolute atomic E-state index is 13.4. The average Bonchev–Trinajstić information content (AvgIpc) is 3.36.